The highest BCUT2D eigenvalue weighted by atomic mass is 16.5. The van der Waals surface area contributed by atoms with E-state index in [9.17, 15) is 19.2 Å². The molecule has 31 heavy (non-hydrogen) atoms. The van der Waals surface area contributed by atoms with Gasteiger partial charge in [0.05, 0.1) is 12.6 Å². The summed E-state index contributed by atoms with van der Waals surface area (Å²) in [6.07, 6.45) is 2.58. The quantitative estimate of drug-likeness (QED) is 0.671. The van der Waals surface area contributed by atoms with Crippen molar-refractivity contribution >= 4 is 23.8 Å². The highest BCUT2D eigenvalue weighted by Gasteiger charge is 2.53. The molecule has 2 N–H and O–H groups in total. The van der Waals surface area contributed by atoms with Crippen LogP contribution in [0.25, 0.3) is 0 Å². The standard InChI is InChI=1S/C22H28N4O5/c1-25(2)18(27)13-4-7-15(8-5-13)22(20(29)23-21(30)24-22)12-26-11-14-6-9-16(31-3)10-17(14)19(26)28/h4-5,7-8,14,16-17H,6,9-12H2,1-3H3,(H2,23,24,29,30). The number of urea groups is 1. The molecule has 4 unspecified atom stereocenters. The van der Waals surface area contributed by atoms with Gasteiger partial charge in [-0.25, -0.2) is 4.79 Å². The molecular weight excluding hydrogens is 400 g/mol. The van der Waals surface area contributed by atoms with Crippen LogP contribution >= 0.6 is 0 Å². The number of ether oxygens (including phenoxy) is 1. The van der Waals surface area contributed by atoms with Gasteiger partial charge >= 0.3 is 6.03 Å². The molecule has 9 heteroatoms. The maximum Gasteiger partial charge on any atom is 0.322 e. The van der Waals surface area contributed by atoms with Crippen molar-refractivity contribution in [3.8, 4) is 0 Å². The molecule has 0 aromatic heterocycles. The number of hydrogen-bond donors (Lipinski definition) is 2. The van der Waals surface area contributed by atoms with E-state index >= 15 is 0 Å². The first-order chi connectivity index (χ1) is 14.7. The Bertz CT molecular complexity index is 915. The number of nitrogens with one attached hydrogen (secondary N) is 2. The van der Waals surface area contributed by atoms with Crippen molar-refractivity contribution in [1.29, 1.82) is 0 Å². The number of rotatable bonds is 5. The zero-order valence-electron chi connectivity index (χ0n) is 18.0. The Morgan fingerprint density at radius 3 is 2.48 bits per heavy atom. The second-order valence-electron chi connectivity index (χ2n) is 8.85. The van der Waals surface area contributed by atoms with Crippen LogP contribution in [0, 0.1) is 11.8 Å². The topological polar surface area (TPSA) is 108 Å². The van der Waals surface area contributed by atoms with E-state index in [1.807, 2.05) is 0 Å². The predicted octanol–water partition coefficient (Wildman–Crippen LogP) is 0.697. The molecule has 0 spiro atoms. The summed E-state index contributed by atoms with van der Waals surface area (Å²) in [6.45, 7) is 0.608. The largest absolute Gasteiger partial charge is 0.381 e. The van der Waals surface area contributed by atoms with Crippen molar-refractivity contribution < 1.29 is 23.9 Å². The van der Waals surface area contributed by atoms with E-state index in [0.717, 1.165) is 12.8 Å². The Kier molecular flexibility index (Phi) is 5.47. The number of likely N-dealkylation sites (tertiary alicyclic amines) is 1. The number of carbonyl (C=O) groups is 4. The molecule has 5 amide bonds. The molecule has 1 aliphatic carbocycles. The third kappa shape index (κ3) is 3.67. The van der Waals surface area contributed by atoms with Crippen molar-refractivity contribution in [2.24, 2.45) is 11.8 Å². The molecule has 1 aromatic rings. The maximum atomic E-state index is 13.1. The molecule has 166 valence electrons. The molecule has 1 aromatic carbocycles. The van der Waals surface area contributed by atoms with Gasteiger partial charge in [-0.1, -0.05) is 12.1 Å². The summed E-state index contributed by atoms with van der Waals surface area (Å²) >= 11 is 0. The van der Waals surface area contributed by atoms with Gasteiger partial charge in [0.25, 0.3) is 11.8 Å². The third-order valence-corrected chi connectivity index (χ3v) is 6.76. The number of imide groups is 1. The lowest BCUT2D eigenvalue weighted by Crippen LogP contribution is -2.53. The Morgan fingerprint density at radius 2 is 1.90 bits per heavy atom. The first kappa shape index (κ1) is 21.3. The SMILES string of the molecule is COC1CCC2CN(CC3(c4ccc(C(=O)N(C)C)cc4)NC(=O)NC3=O)C(=O)C2C1. The lowest BCUT2D eigenvalue weighted by atomic mass is 9.80. The van der Waals surface area contributed by atoms with E-state index < -0.39 is 17.5 Å². The predicted molar refractivity (Wildman–Crippen MR) is 111 cm³/mol. The fraction of sp³-hybridized carbons (Fsp3) is 0.545. The molecule has 3 aliphatic rings. The van der Waals surface area contributed by atoms with Gasteiger partial charge in [-0.2, -0.15) is 0 Å². The van der Waals surface area contributed by atoms with Crippen LogP contribution < -0.4 is 10.6 Å². The van der Waals surface area contributed by atoms with Gasteiger partial charge in [-0.3, -0.25) is 19.7 Å². The van der Waals surface area contributed by atoms with Gasteiger partial charge in [0.15, 0.2) is 5.54 Å². The zero-order chi connectivity index (χ0) is 22.3. The number of fused-ring (bicyclic) bond motifs is 1. The van der Waals surface area contributed by atoms with Gasteiger partial charge in [0.1, 0.15) is 0 Å². The molecule has 4 atom stereocenters. The van der Waals surface area contributed by atoms with Gasteiger partial charge in [0, 0.05) is 39.2 Å². The molecule has 0 bridgehead atoms. The Morgan fingerprint density at radius 1 is 1.19 bits per heavy atom. The van der Waals surface area contributed by atoms with E-state index in [1.54, 1.807) is 50.4 Å². The second kappa shape index (κ2) is 7.96. The average Bonchev–Trinajstić information content (AvgIpc) is 3.22. The van der Waals surface area contributed by atoms with E-state index in [0.29, 0.717) is 24.1 Å². The van der Waals surface area contributed by atoms with Crippen LogP contribution in [0.2, 0.25) is 0 Å². The lowest BCUT2D eigenvalue weighted by Gasteiger charge is -2.31. The fourth-order valence-corrected chi connectivity index (χ4v) is 5.02. The number of amides is 5. The van der Waals surface area contributed by atoms with E-state index in [2.05, 4.69) is 10.6 Å². The minimum absolute atomic E-state index is 0.000482. The van der Waals surface area contributed by atoms with E-state index in [1.165, 1.54) is 4.90 Å². The summed E-state index contributed by atoms with van der Waals surface area (Å²) in [5.74, 6) is -0.541. The van der Waals surface area contributed by atoms with Gasteiger partial charge in [0.2, 0.25) is 5.91 Å². The first-order valence-electron chi connectivity index (χ1n) is 10.5. The average molecular weight is 428 g/mol. The molecule has 3 fully saturated rings. The maximum absolute atomic E-state index is 13.1. The molecule has 2 heterocycles. The smallest absolute Gasteiger partial charge is 0.322 e. The van der Waals surface area contributed by atoms with Crippen molar-refractivity contribution in [2.75, 3.05) is 34.3 Å². The van der Waals surface area contributed by atoms with Crippen LogP contribution in [0.1, 0.15) is 35.2 Å². The first-order valence-corrected chi connectivity index (χ1v) is 10.5. The summed E-state index contributed by atoms with van der Waals surface area (Å²) < 4.78 is 5.46. The van der Waals surface area contributed by atoms with Crippen LogP contribution in [0.5, 0.6) is 0 Å². The molecule has 2 saturated heterocycles. The molecule has 4 rings (SSSR count). The zero-order valence-corrected chi connectivity index (χ0v) is 18.0. The van der Waals surface area contributed by atoms with Crippen LogP contribution in [0.4, 0.5) is 4.79 Å². The minimum atomic E-state index is -1.39. The summed E-state index contributed by atoms with van der Waals surface area (Å²) in [5.41, 5.74) is -0.383. The highest BCUT2D eigenvalue weighted by Crippen LogP contribution is 2.39. The van der Waals surface area contributed by atoms with Crippen molar-refractivity contribution in [2.45, 2.75) is 30.9 Å². The van der Waals surface area contributed by atoms with Crippen molar-refractivity contribution in [1.82, 2.24) is 20.4 Å². The number of methoxy groups -OCH3 is 1. The molecule has 9 nitrogen and oxygen atoms in total. The van der Waals surface area contributed by atoms with Crippen LogP contribution in [-0.2, 0) is 19.9 Å². The minimum Gasteiger partial charge on any atom is -0.381 e. The lowest BCUT2D eigenvalue weighted by molar-refractivity contribution is -0.135. The highest BCUT2D eigenvalue weighted by molar-refractivity contribution is 6.08. The van der Waals surface area contributed by atoms with E-state index in [4.69, 9.17) is 4.74 Å². The Hall–Kier alpha value is -2.94. The summed E-state index contributed by atoms with van der Waals surface area (Å²) in [4.78, 5) is 53.5. The second-order valence-corrected chi connectivity index (χ2v) is 8.85. The molecule has 1 saturated carbocycles. The normalized spacial score (nSPS) is 30.1. The van der Waals surface area contributed by atoms with E-state index in [-0.39, 0.29) is 36.3 Å². The monoisotopic (exact) mass is 428 g/mol. The number of nitrogens with zero attached hydrogens (tertiary/aromatic N) is 2. The third-order valence-electron chi connectivity index (χ3n) is 6.76. The van der Waals surface area contributed by atoms with Gasteiger partial charge in [-0.15, -0.1) is 0 Å². The van der Waals surface area contributed by atoms with Gasteiger partial charge in [-0.05, 0) is 42.9 Å². The van der Waals surface area contributed by atoms with Crippen molar-refractivity contribution in [3.63, 3.8) is 0 Å². The van der Waals surface area contributed by atoms with Gasteiger partial charge < -0.3 is 19.9 Å². The number of hydrogen-bond acceptors (Lipinski definition) is 5. The molecular formula is C22H28N4O5. The van der Waals surface area contributed by atoms with Crippen LogP contribution in [0.3, 0.4) is 0 Å². The Labute approximate surface area is 181 Å². The summed E-state index contributed by atoms with van der Waals surface area (Å²) in [7, 11) is 4.99. The fourth-order valence-electron chi connectivity index (χ4n) is 5.02. The molecule has 0 radical (unpaired) electrons. The van der Waals surface area contributed by atoms with Crippen LogP contribution in [0.15, 0.2) is 24.3 Å². The van der Waals surface area contributed by atoms with Crippen LogP contribution in [-0.4, -0.2) is 74.0 Å². The Balaban J connectivity index is 1.61. The summed E-state index contributed by atoms with van der Waals surface area (Å²) in [6, 6.07) is 5.99. The molecule has 2 aliphatic heterocycles. The number of carbonyl (C=O) groups excluding carboxylic acids is 4. The number of benzene rings is 1. The summed E-state index contributed by atoms with van der Waals surface area (Å²) in [5, 5.41) is 5.05. The van der Waals surface area contributed by atoms with Crippen molar-refractivity contribution in [3.05, 3.63) is 35.4 Å².